The Labute approximate surface area is 145 Å². The van der Waals surface area contributed by atoms with Gasteiger partial charge in [0.1, 0.15) is 11.5 Å². The first kappa shape index (κ1) is 15.2. The van der Waals surface area contributed by atoms with Gasteiger partial charge in [-0.1, -0.05) is 66.7 Å². The van der Waals surface area contributed by atoms with Crippen LogP contribution in [0.4, 0.5) is 0 Å². The summed E-state index contributed by atoms with van der Waals surface area (Å²) < 4.78 is 11.0. The van der Waals surface area contributed by atoms with Crippen molar-refractivity contribution in [2.75, 3.05) is 7.11 Å². The summed E-state index contributed by atoms with van der Waals surface area (Å²) in [5.41, 5.74) is 2.48. The van der Waals surface area contributed by atoms with Crippen LogP contribution in [0, 0.1) is 0 Å². The molecule has 3 aromatic carbocycles. The SMILES string of the molecule is COC(=O)c1ccc(-c2oc(-c3ccccc3)c3ccccc23)cc1. The summed E-state index contributed by atoms with van der Waals surface area (Å²) in [4.78, 5) is 11.6. The molecule has 0 bridgehead atoms. The van der Waals surface area contributed by atoms with E-state index >= 15 is 0 Å². The molecule has 0 spiro atoms. The van der Waals surface area contributed by atoms with E-state index in [1.807, 2.05) is 54.6 Å². The van der Waals surface area contributed by atoms with Gasteiger partial charge in [-0.05, 0) is 12.1 Å². The van der Waals surface area contributed by atoms with Crippen molar-refractivity contribution in [2.24, 2.45) is 0 Å². The number of rotatable bonds is 3. The third kappa shape index (κ3) is 2.70. The number of furan rings is 1. The normalized spacial score (nSPS) is 10.8. The van der Waals surface area contributed by atoms with Gasteiger partial charge in [-0.25, -0.2) is 4.79 Å². The second-order valence-corrected chi connectivity index (χ2v) is 5.74. The van der Waals surface area contributed by atoms with Crippen molar-refractivity contribution in [1.29, 1.82) is 0 Å². The molecule has 0 atom stereocenters. The summed E-state index contributed by atoms with van der Waals surface area (Å²) in [6.45, 7) is 0. The van der Waals surface area contributed by atoms with E-state index in [1.165, 1.54) is 7.11 Å². The van der Waals surface area contributed by atoms with Crippen molar-refractivity contribution in [1.82, 2.24) is 0 Å². The molecule has 3 nitrogen and oxygen atoms in total. The summed E-state index contributed by atoms with van der Waals surface area (Å²) in [5.74, 6) is 1.30. The van der Waals surface area contributed by atoms with Gasteiger partial charge in [0.2, 0.25) is 0 Å². The maximum absolute atomic E-state index is 11.6. The van der Waals surface area contributed by atoms with Gasteiger partial charge in [0.15, 0.2) is 0 Å². The summed E-state index contributed by atoms with van der Waals surface area (Å²) in [6.07, 6.45) is 0. The highest BCUT2D eigenvalue weighted by atomic mass is 16.5. The van der Waals surface area contributed by atoms with Crippen molar-refractivity contribution >= 4 is 16.7 Å². The zero-order chi connectivity index (χ0) is 17.2. The Hall–Kier alpha value is -3.33. The van der Waals surface area contributed by atoms with Gasteiger partial charge in [-0.3, -0.25) is 0 Å². The number of fused-ring (bicyclic) bond motifs is 1. The Bertz CT molecular complexity index is 1030. The van der Waals surface area contributed by atoms with Crippen LogP contribution < -0.4 is 0 Å². The quantitative estimate of drug-likeness (QED) is 0.463. The molecule has 1 heterocycles. The van der Waals surface area contributed by atoms with Crippen LogP contribution in [0.3, 0.4) is 0 Å². The van der Waals surface area contributed by atoms with Crippen molar-refractivity contribution in [3.63, 3.8) is 0 Å². The van der Waals surface area contributed by atoms with Gasteiger partial charge in [-0.2, -0.15) is 0 Å². The predicted octanol–water partition coefficient (Wildman–Crippen LogP) is 5.55. The first-order chi connectivity index (χ1) is 12.3. The van der Waals surface area contributed by atoms with Gasteiger partial charge in [0.05, 0.1) is 12.7 Å². The fourth-order valence-corrected chi connectivity index (χ4v) is 2.99. The van der Waals surface area contributed by atoms with Gasteiger partial charge >= 0.3 is 5.97 Å². The Morgan fingerprint density at radius 2 is 1.24 bits per heavy atom. The number of benzene rings is 3. The highest BCUT2D eigenvalue weighted by molar-refractivity contribution is 6.02. The van der Waals surface area contributed by atoms with E-state index in [0.717, 1.165) is 33.4 Å². The molecule has 0 aliphatic heterocycles. The molecular weight excluding hydrogens is 312 g/mol. The minimum Gasteiger partial charge on any atom is -0.465 e. The third-order valence-electron chi connectivity index (χ3n) is 4.22. The summed E-state index contributed by atoms with van der Waals surface area (Å²) in [7, 11) is 1.38. The first-order valence-electron chi connectivity index (χ1n) is 8.03. The Morgan fingerprint density at radius 1 is 0.720 bits per heavy atom. The second kappa shape index (κ2) is 6.29. The van der Waals surface area contributed by atoms with E-state index in [4.69, 9.17) is 9.15 Å². The summed E-state index contributed by atoms with van der Waals surface area (Å²) in [5, 5.41) is 2.12. The highest BCUT2D eigenvalue weighted by Crippen LogP contribution is 2.39. The van der Waals surface area contributed by atoms with Crippen LogP contribution in [-0.2, 0) is 4.74 Å². The molecule has 4 rings (SSSR count). The molecular formula is C22H16O3. The van der Waals surface area contributed by atoms with Crippen LogP contribution in [0.1, 0.15) is 10.4 Å². The number of carbonyl (C=O) groups is 1. The van der Waals surface area contributed by atoms with Crippen molar-refractivity contribution in [3.8, 4) is 22.6 Å². The third-order valence-corrected chi connectivity index (χ3v) is 4.22. The largest absolute Gasteiger partial charge is 0.465 e. The lowest BCUT2D eigenvalue weighted by atomic mass is 10.0. The van der Waals surface area contributed by atoms with Crippen LogP contribution >= 0.6 is 0 Å². The van der Waals surface area contributed by atoms with Crippen LogP contribution in [-0.4, -0.2) is 13.1 Å². The second-order valence-electron chi connectivity index (χ2n) is 5.74. The van der Waals surface area contributed by atoms with E-state index in [-0.39, 0.29) is 5.97 Å². The molecule has 122 valence electrons. The number of hydrogen-bond donors (Lipinski definition) is 0. The number of esters is 1. The van der Waals surface area contributed by atoms with Crippen LogP contribution in [0.25, 0.3) is 33.4 Å². The molecule has 0 fully saturated rings. The fourth-order valence-electron chi connectivity index (χ4n) is 2.99. The average molecular weight is 328 g/mol. The molecule has 3 heteroatoms. The smallest absolute Gasteiger partial charge is 0.337 e. The predicted molar refractivity (Wildman–Crippen MR) is 98.4 cm³/mol. The van der Waals surface area contributed by atoms with Crippen LogP contribution in [0.15, 0.2) is 83.3 Å². The Kier molecular flexibility index (Phi) is 3.82. The maximum Gasteiger partial charge on any atom is 0.337 e. The van der Waals surface area contributed by atoms with E-state index in [9.17, 15) is 4.79 Å². The van der Waals surface area contributed by atoms with Crippen molar-refractivity contribution < 1.29 is 13.9 Å². The average Bonchev–Trinajstić information content (AvgIpc) is 3.08. The molecule has 4 aromatic rings. The Morgan fingerprint density at radius 3 is 1.80 bits per heavy atom. The summed E-state index contributed by atoms with van der Waals surface area (Å²) in [6, 6.07) is 25.4. The Balaban J connectivity index is 1.87. The van der Waals surface area contributed by atoms with Gasteiger partial charge in [0, 0.05) is 21.9 Å². The minimum absolute atomic E-state index is 0.346. The maximum atomic E-state index is 11.6. The lowest BCUT2D eigenvalue weighted by molar-refractivity contribution is 0.0601. The fraction of sp³-hybridized carbons (Fsp3) is 0.0455. The molecule has 0 saturated heterocycles. The van der Waals surface area contributed by atoms with Crippen molar-refractivity contribution in [2.45, 2.75) is 0 Å². The molecule has 0 saturated carbocycles. The standard InChI is InChI=1S/C22H16O3/c1-24-22(23)17-13-11-16(12-14-17)21-19-10-6-5-9-18(19)20(25-21)15-7-3-2-4-8-15/h2-14H,1H3. The van der Waals surface area contributed by atoms with Gasteiger partial charge in [0.25, 0.3) is 0 Å². The number of methoxy groups -OCH3 is 1. The molecule has 0 aliphatic carbocycles. The van der Waals surface area contributed by atoms with Crippen molar-refractivity contribution in [3.05, 3.63) is 84.4 Å². The monoisotopic (exact) mass is 328 g/mol. The minimum atomic E-state index is -0.346. The summed E-state index contributed by atoms with van der Waals surface area (Å²) >= 11 is 0. The van der Waals surface area contributed by atoms with E-state index < -0.39 is 0 Å². The number of hydrogen-bond acceptors (Lipinski definition) is 3. The van der Waals surface area contributed by atoms with E-state index in [1.54, 1.807) is 12.1 Å². The van der Waals surface area contributed by atoms with Crippen LogP contribution in [0.2, 0.25) is 0 Å². The highest BCUT2D eigenvalue weighted by Gasteiger charge is 2.16. The van der Waals surface area contributed by atoms with Gasteiger partial charge < -0.3 is 9.15 Å². The van der Waals surface area contributed by atoms with E-state index in [2.05, 4.69) is 12.1 Å². The van der Waals surface area contributed by atoms with E-state index in [0.29, 0.717) is 5.56 Å². The molecule has 0 amide bonds. The topological polar surface area (TPSA) is 39.4 Å². The number of ether oxygens (including phenoxy) is 1. The first-order valence-corrected chi connectivity index (χ1v) is 8.03. The molecule has 0 N–H and O–H groups in total. The molecule has 0 radical (unpaired) electrons. The lowest BCUT2D eigenvalue weighted by Gasteiger charge is -2.01. The van der Waals surface area contributed by atoms with Crippen LogP contribution in [0.5, 0.6) is 0 Å². The van der Waals surface area contributed by atoms with Gasteiger partial charge in [-0.15, -0.1) is 0 Å². The molecule has 25 heavy (non-hydrogen) atoms. The zero-order valence-corrected chi connectivity index (χ0v) is 13.7. The number of carbonyl (C=O) groups excluding carboxylic acids is 1. The molecule has 0 aliphatic rings. The molecule has 1 aromatic heterocycles. The zero-order valence-electron chi connectivity index (χ0n) is 13.7. The lowest BCUT2D eigenvalue weighted by Crippen LogP contribution is -2.00. The molecule has 0 unspecified atom stereocenters.